The van der Waals surface area contributed by atoms with Gasteiger partial charge in [-0.25, -0.2) is 23.0 Å². The summed E-state index contributed by atoms with van der Waals surface area (Å²) >= 11 is 1.60. The molecule has 0 saturated heterocycles. The highest BCUT2D eigenvalue weighted by Gasteiger charge is 2.73. The summed E-state index contributed by atoms with van der Waals surface area (Å²) < 4.78 is 110. The van der Waals surface area contributed by atoms with Crippen molar-refractivity contribution in [1.82, 2.24) is 19.8 Å². The van der Waals surface area contributed by atoms with Crippen LogP contribution in [-0.2, 0) is 5.67 Å². The Morgan fingerprint density at radius 2 is 1.60 bits per heavy atom. The first-order chi connectivity index (χ1) is 20.3. The molecule has 1 unspecified atom stereocenters. The summed E-state index contributed by atoms with van der Waals surface area (Å²) in [7, 11) is 0. The first-order valence-corrected chi connectivity index (χ1v) is 13.6. The summed E-state index contributed by atoms with van der Waals surface area (Å²) in [5, 5.41) is 11.7. The molecule has 0 radical (unpaired) electrons. The van der Waals surface area contributed by atoms with Crippen LogP contribution in [0.4, 0.5) is 40.8 Å². The molecule has 0 N–H and O–H groups in total. The number of hydrogen-bond donors (Lipinski definition) is 0. The van der Waals surface area contributed by atoms with Crippen LogP contribution < -0.4 is 0 Å². The van der Waals surface area contributed by atoms with Gasteiger partial charge in [0.2, 0.25) is 0 Å². The number of thioether (sulfide) groups is 1. The number of rotatable bonds is 5. The Kier molecular flexibility index (Phi) is 6.82. The lowest BCUT2D eigenvalue weighted by Gasteiger charge is -2.32. The minimum absolute atomic E-state index is 0.0818. The monoisotopic (exact) mass is 623 g/mol. The van der Waals surface area contributed by atoms with Crippen LogP contribution in [0.3, 0.4) is 0 Å². The molecule has 0 aliphatic carbocycles. The average molecular weight is 624 g/mol. The Bertz CT molecular complexity index is 1730. The number of benzene rings is 3. The molecule has 43 heavy (non-hydrogen) atoms. The Hall–Kier alpha value is -4.27. The van der Waals surface area contributed by atoms with Gasteiger partial charge in [-0.2, -0.15) is 26.3 Å². The van der Waals surface area contributed by atoms with Crippen molar-refractivity contribution in [3.63, 3.8) is 0 Å². The van der Waals surface area contributed by atoms with Gasteiger partial charge in [-0.05, 0) is 36.8 Å². The quantitative estimate of drug-likeness (QED) is 0.132. The molecule has 222 valence electrons. The molecule has 0 fully saturated rings. The van der Waals surface area contributed by atoms with Crippen LogP contribution >= 0.6 is 11.8 Å². The van der Waals surface area contributed by atoms with Crippen LogP contribution in [0.15, 0.2) is 78.2 Å². The molecule has 3 heterocycles. The van der Waals surface area contributed by atoms with Crippen molar-refractivity contribution in [3.05, 3.63) is 95.6 Å². The van der Waals surface area contributed by atoms with E-state index in [9.17, 15) is 35.1 Å². The number of fused-ring (bicyclic) bond motifs is 2. The number of halogens is 8. The van der Waals surface area contributed by atoms with Gasteiger partial charge in [0.1, 0.15) is 23.7 Å². The fraction of sp³-hybridized carbons (Fsp3) is 0.214. The molecular formula is C28H19F8N6S+. The molecule has 1 aromatic heterocycles. The maximum absolute atomic E-state index is 14.3. The van der Waals surface area contributed by atoms with Crippen LogP contribution in [0.5, 0.6) is 0 Å². The van der Waals surface area contributed by atoms with Crippen molar-refractivity contribution in [2.24, 2.45) is 5.10 Å². The molecule has 2 aliphatic heterocycles. The van der Waals surface area contributed by atoms with Crippen LogP contribution in [0, 0.1) is 5.82 Å². The van der Waals surface area contributed by atoms with E-state index in [-0.39, 0.29) is 23.4 Å². The lowest BCUT2D eigenvalue weighted by molar-refractivity contribution is -0.434. The van der Waals surface area contributed by atoms with Gasteiger partial charge in [-0.15, -0.1) is 10.1 Å². The minimum atomic E-state index is -6.20. The second-order valence-electron chi connectivity index (χ2n) is 9.79. The molecule has 15 heteroatoms. The van der Waals surface area contributed by atoms with E-state index in [1.165, 1.54) is 18.5 Å². The van der Waals surface area contributed by atoms with E-state index < -0.39 is 23.6 Å². The summed E-state index contributed by atoms with van der Waals surface area (Å²) in [6, 6.07) is 14.2. The van der Waals surface area contributed by atoms with E-state index in [4.69, 9.17) is 0 Å². The van der Waals surface area contributed by atoms with E-state index >= 15 is 0 Å². The van der Waals surface area contributed by atoms with Crippen molar-refractivity contribution in [2.45, 2.75) is 31.0 Å². The highest BCUT2D eigenvalue weighted by atomic mass is 32.2. The number of hydrazone groups is 1. The van der Waals surface area contributed by atoms with E-state index in [0.717, 1.165) is 38.8 Å². The number of nitrogens with zero attached hydrogens (tertiary/aromatic N) is 6. The van der Waals surface area contributed by atoms with Crippen molar-refractivity contribution in [2.75, 3.05) is 5.88 Å². The van der Waals surface area contributed by atoms with Gasteiger partial charge >= 0.3 is 23.2 Å². The smallest absolute Gasteiger partial charge is 0.220 e. The van der Waals surface area contributed by atoms with Crippen LogP contribution in [0.1, 0.15) is 29.7 Å². The molecule has 0 amide bonds. The first kappa shape index (κ1) is 28.8. The Balaban J connectivity index is 1.18. The molecule has 1 atom stereocenters. The molecule has 0 spiro atoms. The normalized spacial score (nSPS) is 17.2. The highest BCUT2D eigenvalue weighted by Crippen LogP contribution is 2.53. The molecule has 6 rings (SSSR count). The van der Waals surface area contributed by atoms with Gasteiger partial charge in [-0.3, -0.25) is 0 Å². The van der Waals surface area contributed by atoms with Gasteiger partial charge in [-0.1, -0.05) is 41.5 Å². The SMILES string of the molecule is CC1c2ccc(F)cc2[N+]2=C(SC2)N1N=Cc1ccc(-c2ncn(-c3ccc(C(F)(C(F)(F)F)C(F)(F)F)cc3)n2)cc1. The van der Waals surface area contributed by atoms with Gasteiger partial charge < -0.3 is 0 Å². The van der Waals surface area contributed by atoms with Gasteiger partial charge in [0.15, 0.2) is 11.9 Å². The fourth-order valence-corrected chi connectivity index (χ4v) is 5.75. The predicted octanol–water partition coefficient (Wildman–Crippen LogP) is 7.48. The molecule has 0 bridgehead atoms. The zero-order valence-corrected chi connectivity index (χ0v) is 22.7. The van der Waals surface area contributed by atoms with Gasteiger partial charge in [0.05, 0.1) is 11.9 Å². The third kappa shape index (κ3) is 4.84. The number of amidine groups is 1. The Morgan fingerprint density at radius 3 is 2.21 bits per heavy atom. The Labute approximate surface area is 243 Å². The molecule has 0 saturated carbocycles. The van der Waals surface area contributed by atoms with Gasteiger partial charge in [0, 0.05) is 34.5 Å². The minimum Gasteiger partial charge on any atom is -0.220 e. The standard InChI is InChI=1S/C28H19F8N6S/c1-16-22-11-8-20(29)12-23(22)40-15-43-25(40)42(16)38-13-17-2-4-18(5-3-17)24-37-14-41(39-24)21-9-6-19(7-10-21)26(30,27(31,32)33)28(34,35)36/h2-14,16H,15H2,1H3/q+1. The van der Waals surface area contributed by atoms with Crippen LogP contribution in [0.2, 0.25) is 0 Å². The van der Waals surface area contributed by atoms with Crippen molar-refractivity contribution >= 4 is 28.8 Å². The van der Waals surface area contributed by atoms with Crippen molar-refractivity contribution < 1.29 is 39.7 Å². The summed E-state index contributed by atoms with van der Waals surface area (Å²) in [4.78, 5) is 4.16. The third-order valence-corrected chi connectivity index (χ3v) is 8.21. The fourth-order valence-electron chi connectivity index (χ4n) is 4.80. The second-order valence-corrected chi connectivity index (χ2v) is 10.7. The van der Waals surface area contributed by atoms with Crippen molar-refractivity contribution in [1.29, 1.82) is 0 Å². The summed E-state index contributed by atoms with van der Waals surface area (Å²) in [6.07, 6.45) is -9.48. The van der Waals surface area contributed by atoms with E-state index in [1.807, 2.05) is 16.5 Å². The third-order valence-electron chi connectivity index (χ3n) is 7.15. The van der Waals surface area contributed by atoms with Crippen LogP contribution in [-0.4, -0.2) is 54.0 Å². The number of hydrogen-bond acceptors (Lipinski definition) is 5. The molecule has 4 aromatic rings. The van der Waals surface area contributed by atoms with E-state index in [2.05, 4.69) is 15.2 Å². The maximum atomic E-state index is 14.3. The lowest BCUT2D eigenvalue weighted by Crippen LogP contribution is -2.50. The molecule has 2 aliphatic rings. The zero-order valence-electron chi connectivity index (χ0n) is 21.9. The largest absolute Gasteiger partial charge is 0.435 e. The second kappa shape index (κ2) is 10.2. The number of aromatic nitrogens is 3. The topological polar surface area (TPSA) is 49.3 Å². The first-order valence-electron chi connectivity index (χ1n) is 12.6. The maximum Gasteiger partial charge on any atom is 0.435 e. The Morgan fingerprint density at radius 1 is 0.930 bits per heavy atom. The van der Waals surface area contributed by atoms with E-state index in [0.29, 0.717) is 23.6 Å². The highest BCUT2D eigenvalue weighted by molar-refractivity contribution is 8.14. The lowest BCUT2D eigenvalue weighted by atomic mass is 9.94. The van der Waals surface area contributed by atoms with Gasteiger partial charge in [0.25, 0.3) is 0 Å². The van der Waals surface area contributed by atoms with Crippen molar-refractivity contribution in [3.8, 4) is 17.1 Å². The molecular weight excluding hydrogens is 604 g/mol. The molecule has 3 aromatic carbocycles. The average Bonchev–Trinajstić information content (AvgIpc) is 3.43. The summed E-state index contributed by atoms with van der Waals surface area (Å²) in [6.45, 7) is 1.98. The zero-order chi connectivity index (χ0) is 30.7. The van der Waals surface area contributed by atoms with E-state index in [1.54, 1.807) is 48.3 Å². The summed E-state index contributed by atoms with van der Waals surface area (Å²) in [5.41, 5.74) is -3.89. The summed E-state index contributed by atoms with van der Waals surface area (Å²) in [5.74, 6) is 0.635. The predicted molar refractivity (Wildman–Crippen MR) is 143 cm³/mol. The molecule has 6 nitrogen and oxygen atoms in total. The number of alkyl halides is 7. The van der Waals surface area contributed by atoms with Crippen LogP contribution in [0.25, 0.3) is 17.1 Å².